The first-order valence-corrected chi connectivity index (χ1v) is 4.60. The van der Waals surface area contributed by atoms with E-state index in [4.69, 9.17) is 0 Å². The molecule has 2 rings (SSSR count). The number of fused-ring (bicyclic) bond motifs is 1. The maximum absolute atomic E-state index is 1.59. The van der Waals surface area contributed by atoms with Crippen molar-refractivity contribution in [3.8, 4) is 0 Å². The van der Waals surface area contributed by atoms with Gasteiger partial charge in [0, 0.05) is 0 Å². The van der Waals surface area contributed by atoms with Crippen LogP contribution in [0.4, 0.5) is 0 Å². The minimum absolute atomic E-state index is 1.14. The SMILES string of the molecule is C1CC2[Se]C2C1. The molecule has 1 heterocycles. The van der Waals surface area contributed by atoms with Crippen molar-refractivity contribution in [3.63, 3.8) is 0 Å². The second-order valence-corrected chi connectivity index (χ2v) is 5.26. The Balaban J connectivity index is 2.09. The molecule has 6 heavy (non-hydrogen) atoms. The van der Waals surface area contributed by atoms with Crippen molar-refractivity contribution in [2.24, 2.45) is 0 Å². The van der Waals surface area contributed by atoms with Crippen molar-refractivity contribution >= 4 is 15.0 Å². The van der Waals surface area contributed by atoms with Gasteiger partial charge in [0.25, 0.3) is 0 Å². The van der Waals surface area contributed by atoms with Crippen LogP contribution in [0, 0.1) is 0 Å². The standard InChI is InChI=1S/C5H8Se/c1-2-4-5(3-1)6-4/h4-5H,1-3H2. The number of hydrogen-bond acceptors (Lipinski definition) is 0. The quantitative estimate of drug-likeness (QED) is 0.455. The summed E-state index contributed by atoms with van der Waals surface area (Å²) in [7, 11) is 0. The van der Waals surface area contributed by atoms with Crippen LogP contribution in [0.15, 0.2) is 0 Å². The first kappa shape index (κ1) is 3.51. The predicted octanol–water partition coefficient (Wildman–Crippen LogP) is 1.47. The molecule has 0 aromatic heterocycles. The van der Waals surface area contributed by atoms with E-state index in [1.54, 1.807) is 19.3 Å². The topological polar surface area (TPSA) is 0 Å². The van der Waals surface area contributed by atoms with Crippen LogP contribution in [-0.4, -0.2) is 15.0 Å². The van der Waals surface area contributed by atoms with E-state index >= 15 is 0 Å². The van der Waals surface area contributed by atoms with E-state index in [0.717, 1.165) is 15.0 Å². The number of rotatable bonds is 0. The Morgan fingerprint density at radius 2 is 1.83 bits per heavy atom. The summed E-state index contributed by atoms with van der Waals surface area (Å²) in [5.74, 6) is 0. The molecule has 0 radical (unpaired) electrons. The van der Waals surface area contributed by atoms with E-state index in [2.05, 4.69) is 0 Å². The minimum atomic E-state index is 1.14. The molecule has 1 saturated heterocycles. The zero-order valence-corrected chi connectivity index (χ0v) is 5.40. The molecule has 1 saturated carbocycles. The van der Waals surface area contributed by atoms with Gasteiger partial charge in [0.15, 0.2) is 0 Å². The molecule has 0 amide bonds. The molecule has 1 aliphatic heterocycles. The van der Waals surface area contributed by atoms with Gasteiger partial charge in [-0.1, -0.05) is 0 Å². The molecule has 0 N–H and O–H groups in total. The Kier molecular flexibility index (Phi) is 0.596. The van der Waals surface area contributed by atoms with Crippen LogP contribution < -0.4 is 0 Å². The van der Waals surface area contributed by atoms with Crippen molar-refractivity contribution in [1.29, 1.82) is 0 Å². The summed E-state index contributed by atoms with van der Waals surface area (Å²) in [6.07, 6.45) is 4.73. The molecule has 0 bridgehead atoms. The van der Waals surface area contributed by atoms with Crippen LogP contribution in [0.2, 0.25) is 9.63 Å². The Labute approximate surface area is 44.5 Å². The summed E-state index contributed by atoms with van der Waals surface area (Å²) < 4.78 is 0. The second-order valence-electron chi connectivity index (χ2n) is 2.14. The fourth-order valence-corrected chi connectivity index (χ4v) is 3.80. The van der Waals surface area contributed by atoms with Gasteiger partial charge >= 0.3 is 43.9 Å². The molecule has 1 aliphatic carbocycles. The Morgan fingerprint density at radius 1 is 1.17 bits per heavy atom. The van der Waals surface area contributed by atoms with Gasteiger partial charge in [0.2, 0.25) is 0 Å². The fraction of sp³-hybridized carbons (Fsp3) is 1.00. The first-order valence-electron chi connectivity index (χ1n) is 2.62. The second kappa shape index (κ2) is 1.02. The molecule has 2 unspecified atom stereocenters. The summed E-state index contributed by atoms with van der Waals surface area (Å²) >= 11 is 1.14. The molecule has 2 atom stereocenters. The van der Waals surface area contributed by atoms with E-state index in [1.165, 1.54) is 9.63 Å². The van der Waals surface area contributed by atoms with E-state index in [9.17, 15) is 0 Å². The first-order chi connectivity index (χ1) is 2.97. The molecule has 1 heteroatoms. The van der Waals surface area contributed by atoms with Crippen LogP contribution in [0.5, 0.6) is 0 Å². The summed E-state index contributed by atoms with van der Waals surface area (Å²) in [5, 5.41) is 0. The molecule has 2 aliphatic rings. The average molecular weight is 147 g/mol. The van der Waals surface area contributed by atoms with Crippen molar-refractivity contribution < 1.29 is 0 Å². The van der Waals surface area contributed by atoms with Crippen LogP contribution in [0.25, 0.3) is 0 Å². The fourth-order valence-electron chi connectivity index (χ4n) is 1.21. The number of hydrogen-bond donors (Lipinski definition) is 0. The summed E-state index contributed by atoms with van der Waals surface area (Å²) in [6.45, 7) is 0. The molecule has 0 aromatic carbocycles. The van der Waals surface area contributed by atoms with Crippen molar-refractivity contribution in [2.75, 3.05) is 0 Å². The third-order valence-electron chi connectivity index (χ3n) is 1.66. The molecule has 0 spiro atoms. The average Bonchev–Trinajstić information content (AvgIpc) is 2.17. The third kappa shape index (κ3) is 0.357. The molecule has 0 aromatic rings. The summed E-state index contributed by atoms with van der Waals surface area (Å²) in [4.78, 5) is 2.55. The monoisotopic (exact) mass is 148 g/mol. The van der Waals surface area contributed by atoms with Crippen LogP contribution in [-0.2, 0) is 0 Å². The van der Waals surface area contributed by atoms with Crippen molar-refractivity contribution in [3.05, 3.63) is 0 Å². The summed E-state index contributed by atoms with van der Waals surface area (Å²) in [5.41, 5.74) is 0. The van der Waals surface area contributed by atoms with Crippen molar-refractivity contribution in [1.82, 2.24) is 0 Å². The van der Waals surface area contributed by atoms with Gasteiger partial charge in [-0.2, -0.15) is 0 Å². The Hall–Kier alpha value is 0.519. The van der Waals surface area contributed by atoms with Gasteiger partial charge in [-0.3, -0.25) is 0 Å². The van der Waals surface area contributed by atoms with Crippen LogP contribution in [0.3, 0.4) is 0 Å². The Morgan fingerprint density at radius 3 is 2.00 bits per heavy atom. The van der Waals surface area contributed by atoms with Gasteiger partial charge in [-0.05, 0) is 0 Å². The summed E-state index contributed by atoms with van der Waals surface area (Å²) in [6, 6.07) is 0. The van der Waals surface area contributed by atoms with Gasteiger partial charge in [-0.25, -0.2) is 0 Å². The molecule has 34 valence electrons. The molecule has 0 nitrogen and oxygen atoms in total. The van der Waals surface area contributed by atoms with E-state index in [-0.39, 0.29) is 0 Å². The Bertz CT molecular complexity index is 62.3. The molecular formula is C5H8Se. The predicted molar refractivity (Wildman–Crippen MR) is 27.1 cm³/mol. The van der Waals surface area contributed by atoms with E-state index in [1.807, 2.05) is 0 Å². The maximum atomic E-state index is 1.59. The van der Waals surface area contributed by atoms with Gasteiger partial charge in [-0.15, -0.1) is 0 Å². The van der Waals surface area contributed by atoms with Crippen LogP contribution >= 0.6 is 0 Å². The van der Waals surface area contributed by atoms with Gasteiger partial charge in [0.05, 0.1) is 0 Å². The molecular weight excluding hydrogens is 139 g/mol. The van der Waals surface area contributed by atoms with Gasteiger partial charge < -0.3 is 0 Å². The van der Waals surface area contributed by atoms with Crippen LogP contribution in [0.1, 0.15) is 19.3 Å². The van der Waals surface area contributed by atoms with Crippen molar-refractivity contribution in [2.45, 2.75) is 28.9 Å². The van der Waals surface area contributed by atoms with Gasteiger partial charge in [0.1, 0.15) is 0 Å². The third-order valence-corrected chi connectivity index (χ3v) is 4.84. The normalized spacial score (nSPS) is 52.0. The molecule has 2 fully saturated rings. The zero-order valence-electron chi connectivity index (χ0n) is 3.68. The zero-order chi connectivity index (χ0) is 3.98. The van der Waals surface area contributed by atoms with E-state index < -0.39 is 0 Å². The van der Waals surface area contributed by atoms with E-state index in [0.29, 0.717) is 0 Å².